The molecule has 0 spiro atoms. The van der Waals surface area contributed by atoms with Gasteiger partial charge in [-0.25, -0.2) is 0 Å². The SMILES string of the molecule is CC(C)CC12CCCNC1CCC2. The molecule has 1 saturated carbocycles. The standard InChI is InChI=1S/C12H23N/c1-10(2)9-12-6-3-5-11(12)13-8-4-7-12/h10-11,13H,3-9H2,1-2H3. The van der Waals surface area contributed by atoms with Crippen molar-refractivity contribution in [3.63, 3.8) is 0 Å². The lowest BCUT2D eigenvalue weighted by molar-refractivity contribution is 0.132. The molecule has 1 heteroatoms. The highest BCUT2D eigenvalue weighted by Gasteiger charge is 2.43. The van der Waals surface area contributed by atoms with Crippen LogP contribution in [0.2, 0.25) is 0 Å². The van der Waals surface area contributed by atoms with E-state index in [2.05, 4.69) is 19.2 Å². The zero-order chi connectivity index (χ0) is 9.31. The Labute approximate surface area is 82.3 Å². The minimum absolute atomic E-state index is 0.701. The third-order valence-electron chi connectivity index (χ3n) is 3.96. The maximum Gasteiger partial charge on any atom is 0.0124 e. The van der Waals surface area contributed by atoms with Gasteiger partial charge in [0.25, 0.3) is 0 Å². The monoisotopic (exact) mass is 181 g/mol. The first-order chi connectivity index (χ1) is 6.23. The van der Waals surface area contributed by atoms with Crippen molar-refractivity contribution in [1.82, 2.24) is 5.32 Å². The van der Waals surface area contributed by atoms with E-state index in [9.17, 15) is 0 Å². The van der Waals surface area contributed by atoms with Crippen LogP contribution in [0, 0.1) is 11.3 Å². The lowest BCUT2D eigenvalue weighted by Gasteiger charge is -2.41. The summed E-state index contributed by atoms with van der Waals surface area (Å²) >= 11 is 0. The van der Waals surface area contributed by atoms with Crippen LogP contribution in [-0.4, -0.2) is 12.6 Å². The van der Waals surface area contributed by atoms with Gasteiger partial charge in [0.05, 0.1) is 0 Å². The predicted octanol–water partition coefficient (Wildman–Crippen LogP) is 2.95. The summed E-state index contributed by atoms with van der Waals surface area (Å²) in [4.78, 5) is 0. The molecule has 0 amide bonds. The third kappa shape index (κ3) is 1.76. The van der Waals surface area contributed by atoms with Crippen LogP contribution in [0.25, 0.3) is 0 Å². The van der Waals surface area contributed by atoms with Crippen LogP contribution in [0.4, 0.5) is 0 Å². The molecule has 2 rings (SSSR count). The molecule has 2 aliphatic rings. The first-order valence-electron chi connectivity index (χ1n) is 5.96. The second-order valence-electron chi connectivity index (χ2n) is 5.46. The molecule has 1 N–H and O–H groups in total. The molecule has 1 aliphatic carbocycles. The molecular formula is C12H23N. The second-order valence-corrected chi connectivity index (χ2v) is 5.46. The summed E-state index contributed by atoms with van der Waals surface area (Å²) in [7, 11) is 0. The Morgan fingerprint density at radius 1 is 1.31 bits per heavy atom. The molecule has 1 saturated heterocycles. The molecule has 2 fully saturated rings. The third-order valence-corrected chi connectivity index (χ3v) is 3.96. The average Bonchev–Trinajstić information content (AvgIpc) is 2.45. The number of nitrogens with one attached hydrogen (secondary N) is 1. The molecule has 0 bridgehead atoms. The molecule has 1 aliphatic heterocycles. The fourth-order valence-corrected chi connectivity index (χ4v) is 3.63. The van der Waals surface area contributed by atoms with E-state index < -0.39 is 0 Å². The van der Waals surface area contributed by atoms with Crippen molar-refractivity contribution in [2.45, 2.75) is 58.4 Å². The summed E-state index contributed by atoms with van der Waals surface area (Å²) in [5, 5.41) is 3.73. The summed E-state index contributed by atoms with van der Waals surface area (Å²) in [6.45, 7) is 6.02. The van der Waals surface area contributed by atoms with Gasteiger partial charge in [0.2, 0.25) is 0 Å². The van der Waals surface area contributed by atoms with Crippen molar-refractivity contribution in [3.05, 3.63) is 0 Å². The summed E-state index contributed by atoms with van der Waals surface area (Å²) in [5.74, 6) is 0.875. The zero-order valence-corrected chi connectivity index (χ0v) is 9.10. The zero-order valence-electron chi connectivity index (χ0n) is 9.10. The molecule has 1 heterocycles. The molecule has 0 aromatic carbocycles. The molecule has 2 unspecified atom stereocenters. The van der Waals surface area contributed by atoms with Gasteiger partial charge in [-0.2, -0.15) is 0 Å². The van der Waals surface area contributed by atoms with E-state index in [1.807, 2.05) is 0 Å². The first kappa shape index (κ1) is 9.51. The Hall–Kier alpha value is -0.0400. The van der Waals surface area contributed by atoms with Gasteiger partial charge in [0.1, 0.15) is 0 Å². The normalized spacial score (nSPS) is 39.5. The van der Waals surface area contributed by atoms with Crippen molar-refractivity contribution in [2.75, 3.05) is 6.54 Å². The topological polar surface area (TPSA) is 12.0 Å². The summed E-state index contributed by atoms with van der Waals surface area (Å²) in [6.07, 6.45) is 8.73. The van der Waals surface area contributed by atoms with Gasteiger partial charge in [-0.1, -0.05) is 20.3 Å². The van der Waals surface area contributed by atoms with Crippen LogP contribution >= 0.6 is 0 Å². The van der Waals surface area contributed by atoms with E-state index in [4.69, 9.17) is 0 Å². The van der Waals surface area contributed by atoms with E-state index in [0.717, 1.165) is 12.0 Å². The molecule has 0 radical (unpaired) electrons. The Morgan fingerprint density at radius 2 is 2.08 bits per heavy atom. The molecule has 0 aromatic rings. The van der Waals surface area contributed by atoms with Crippen LogP contribution in [0.5, 0.6) is 0 Å². The fraction of sp³-hybridized carbons (Fsp3) is 1.00. The number of rotatable bonds is 2. The van der Waals surface area contributed by atoms with E-state index in [-0.39, 0.29) is 0 Å². The molecular weight excluding hydrogens is 158 g/mol. The van der Waals surface area contributed by atoms with Gasteiger partial charge in [-0.05, 0) is 50.0 Å². The van der Waals surface area contributed by atoms with Crippen LogP contribution in [-0.2, 0) is 0 Å². The van der Waals surface area contributed by atoms with Gasteiger partial charge in [0.15, 0.2) is 0 Å². The maximum atomic E-state index is 3.73. The summed E-state index contributed by atoms with van der Waals surface area (Å²) in [6, 6.07) is 0.864. The first-order valence-corrected chi connectivity index (χ1v) is 5.96. The van der Waals surface area contributed by atoms with Crippen LogP contribution < -0.4 is 5.32 Å². The molecule has 13 heavy (non-hydrogen) atoms. The van der Waals surface area contributed by atoms with Crippen molar-refractivity contribution in [2.24, 2.45) is 11.3 Å². The smallest absolute Gasteiger partial charge is 0.0124 e. The molecule has 1 nitrogen and oxygen atoms in total. The largest absolute Gasteiger partial charge is 0.313 e. The summed E-state index contributed by atoms with van der Waals surface area (Å²) in [5.41, 5.74) is 0.701. The Balaban J connectivity index is 2.06. The minimum Gasteiger partial charge on any atom is -0.313 e. The van der Waals surface area contributed by atoms with Crippen molar-refractivity contribution in [1.29, 1.82) is 0 Å². The van der Waals surface area contributed by atoms with Crippen LogP contribution in [0.15, 0.2) is 0 Å². The van der Waals surface area contributed by atoms with Gasteiger partial charge in [0, 0.05) is 6.04 Å². The highest BCUT2D eigenvalue weighted by atomic mass is 15.0. The van der Waals surface area contributed by atoms with Gasteiger partial charge >= 0.3 is 0 Å². The lowest BCUT2D eigenvalue weighted by Crippen LogP contribution is -2.46. The quantitative estimate of drug-likeness (QED) is 0.690. The van der Waals surface area contributed by atoms with Crippen molar-refractivity contribution >= 4 is 0 Å². The average molecular weight is 181 g/mol. The summed E-state index contributed by atoms with van der Waals surface area (Å²) < 4.78 is 0. The van der Waals surface area contributed by atoms with E-state index in [1.54, 1.807) is 0 Å². The van der Waals surface area contributed by atoms with E-state index >= 15 is 0 Å². The number of hydrogen-bond acceptors (Lipinski definition) is 1. The highest BCUT2D eigenvalue weighted by Crippen LogP contribution is 2.48. The minimum atomic E-state index is 0.701. The Morgan fingerprint density at radius 3 is 2.85 bits per heavy atom. The lowest BCUT2D eigenvalue weighted by atomic mass is 9.71. The number of piperidine rings is 1. The van der Waals surface area contributed by atoms with Gasteiger partial charge in [-0.15, -0.1) is 0 Å². The molecule has 2 atom stereocenters. The molecule has 76 valence electrons. The van der Waals surface area contributed by atoms with Gasteiger partial charge < -0.3 is 5.32 Å². The highest BCUT2D eigenvalue weighted by molar-refractivity contribution is 4.99. The number of hydrogen-bond donors (Lipinski definition) is 1. The van der Waals surface area contributed by atoms with Crippen LogP contribution in [0.3, 0.4) is 0 Å². The van der Waals surface area contributed by atoms with E-state index in [1.165, 1.54) is 45.1 Å². The van der Waals surface area contributed by atoms with Crippen molar-refractivity contribution in [3.8, 4) is 0 Å². The van der Waals surface area contributed by atoms with Gasteiger partial charge in [-0.3, -0.25) is 0 Å². The van der Waals surface area contributed by atoms with Crippen LogP contribution in [0.1, 0.15) is 52.4 Å². The Kier molecular flexibility index (Phi) is 2.64. The van der Waals surface area contributed by atoms with E-state index in [0.29, 0.717) is 5.41 Å². The predicted molar refractivity (Wildman–Crippen MR) is 56.8 cm³/mol. The number of fused-ring (bicyclic) bond motifs is 1. The second kappa shape index (κ2) is 3.61. The maximum absolute atomic E-state index is 3.73. The fourth-order valence-electron chi connectivity index (χ4n) is 3.63. The molecule has 0 aromatic heterocycles. The Bertz CT molecular complexity index is 176. The van der Waals surface area contributed by atoms with Crippen molar-refractivity contribution < 1.29 is 0 Å².